The average Bonchev–Trinajstić information content (AvgIpc) is 2.08. The summed E-state index contributed by atoms with van der Waals surface area (Å²) in [5.74, 6) is 0. The first-order valence-corrected chi connectivity index (χ1v) is 7.11. The first-order chi connectivity index (χ1) is 7.24. The summed E-state index contributed by atoms with van der Waals surface area (Å²) in [6.07, 6.45) is 0. The third-order valence-corrected chi connectivity index (χ3v) is 4.70. The molecule has 0 heterocycles. The minimum atomic E-state index is -4.50. The lowest BCUT2D eigenvalue weighted by Gasteiger charge is -2.04. The van der Waals surface area contributed by atoms with Crippen LogP contribution in [0.2, 0.25) is 15.1 Å². The van der Waals surface area contributed by atoms with Crippen LogP contribution in [0.3, 0.4) is 0 Å². The summed E-state index contributed by atoms with van der Waals surface area (Å²) in [4.78, 5) is -0.567. The average molecular weight is 326 g/mol. The van der Waals surface area contributed by atoms with Crippen molar-refractivity contribution in [2.24, 2.45) is 0 Å². The van der Waals surface area contributed by atoms with Gasteiger partial charge >= 0.3 is 10.1 Å². The summed E-state index contributed by atoms with van der Waals surface area (Å²) in [7, 11) is -8.07. The normalized spacial score (nSPS) is 12.0. The Morgan fingerprint density at radius 1 is 1.00 bits per heavy atom. The van der Waals surface area contributed by atoms with Gasteiger partial charge in [0.25, 0.3) is 11.0 Å². The van der Waals surface area contributed by atoms with Crippen molar-refractivity contribution in [3.63, 3.8) is 0 Å². The van der Waals surface area contributed by atoms with Crippen molar-refractivity contribution in [2.45, 2.75) is 4.90 Å². The zero-order valence-corrected chi connectivity index (χ0v) is 11.2. The number of halogens is 3. The first-order valence-electron chi connectivity index (χ1n) is 3.47. The summed E-state index contributed by atoms with van der Waals surface area (Å²) >= 11 is 16.7. The van der Waals surface area contributed by atoms with Gasteiger partial charge in [0, 0.05) is 0 Å². The highest BCUT2D eigenvalue weighted by molar-refractivity contribution is 7.93. The van der Waals surface area contributed by atoms with Gasteiger partial charge in [0.2, 0.25) is 0 Å². The molecule has 0 radical (unpaired) electrons. The Morgan fingerprint density at radius 2 is 1.50 bits per heavy atom. The second kappa shape index (κ2) is 5.07. The molecule has 0 fully saturated rings. The van der Waals surface area contributed by atoms with E-state index in [1.807, 2.05) is 0 Å². The number of hydrogen-bond acceptors (Lipinski definition) is 5. The maximum Gasteiger partial charge on any atom is 0.312 e. The monoisotopic (exact) mass is 324 g/mol. The van der Waals surface area contributed by atoms with Gasteiger partial charge in [-0.3, -0.25) is 0 Å². The van der Waals surface area contributed by atoms with E-state index in [1.165, 1.54) is 0 Å². The van der Waals surface area contributed by atoms with Gasteiger partial charge in [0.1, 0.15) is 4.90 Å². The molecule has 0 aliphatic carbocycles. The molecule has 16 heavy (non-hydrogen) atoms. The van der Waals surface area contributed by atoms with Crippen LogP contribution in [-0.2, 0) is 24.7 Å². The molecule has 0 spiro atoms. The van der Waals surface area contributed by atoms with E-state index in [-0.39, 0.29) is 15.1 Å². The summed E-state index contributed by atoms with van der Waals surface area (Å²) in [5.41, 5.74) is 0. The maximum absolute atomic E-state index is 11.3. The SMILES string of the molecule is O=[SH](=O)OS(=O)(=O)c1cc(Cl)c(Cl)cc1Cl. The van der Waals surface area contributed by atoms with Crippen LogP contribution in [0.25, 0.3) is 0 Å². The van der Waals surface area contributed by atoms with E-state index >= 15 is 0 Å². The quantitative estimate of drug-likeness (QED) is 0.678. The molecule has 5 nitrogen and oxygen atoms in total. The Kier molecular flexibility index (Phi) is 4.44. The zero-order chi connectivity index (χ0) is 12.5. The van der Waals surface area contributed by atoms with Crippen LogP contribution in [0.1, 0.15) is 0 Å². The van der Waals surface area contributed by atoms with Crippen LogP contribution in [0.4, 0.5) is 0 Å². The largest absolute Gasteiger partial charge is 0.312 e. The Hall–Kier alpha value is -0.0500. The number of benzene rings is 1. The lowest BCUT2D eigenvalue weighted by molar-refractivity contribution is 0.477. The molecule has 0 aliphatic heterocycles. The van der Waals surface area contributed by atoms with Gasteiger partial charge in [-0.25, -0.2) is 8.42 Å². The fraction of sp³-hybridized carbons (Fsp3) is 0. The van der Waals surface area contributed by atoms with Crippen LogP contribution in [0.15, 0.2) is 17.0 Å². The number of thiol groups is 1. The predicted molar refractivity (Wildman–Crippen MR) is 60.1 cm³/mol. The molecule has 0 N–H and O–H groups in total. The molecule has 10 heteroatoms. The van der Waals surface area contributed by atoms with E-state index in [0.717, 1.165) is 12.1 Å². The molecule has 0 aliphatic rings. The third-order valence-electron chi connectivity index (χ3n) is 1.40. The van der Waals surface area contributed by atoms with E-state index in [2.05, 4.69) is 3.63 Å². The summed E-state index contributed by atoms with van der Waals surface area (Å²) in [6, 6.07) is 1.97. The molecule has 90 valence electrons. The van der Waals surface area contributed by atoms with Gasteiger partial charge < -0.3 is 0 Å². The Morgan fingerprint density at radius 3 is 2.00 bits per heavy atom. The van der Waals surface area contributed by atoms with E-state index in [0.29, 0.717) is 0 Å². The van der Waals surface area contributed by atoms with Gasteiger partial charge in [0.15, 0.2) is 0 Å². The fourth-order valence-corrected chi connectivity index (χ4v) is 3.23. The standard InChI is InChI=1S/C6H3Cl3O5S2/c7-3-1-5(9)6(2-4(3)8)16(12,13)14-15(10)11/h1-2,15H. The molecule has 0 aromatic heterocycles. The van der Waals surface area contributed by atoms with Crippen LogP contribution in [0, 0.1) is 0 Å². The van der Waals surface area contributed by atoms with Crippen molar-refractivity contribution in [1.82, 2.24) is 0 Å². The maximum atomic E-state index is 11.3. The topological polar surface area (TPSA) is 77.5 Å². The van der Waals surface area contributed by atoms with E-state index in [4.69, 9.17) is 34.8 Å². The third kappa shape index (κ3) is 3.22. The van der Waals surface area contributed by atoms with Gasteiger partial charge in [-0.1, -0.05) is 34.8 Å². The number of hydrogen-bond donors (Lipinski definition) is 1. The molecular weight excluding hydrogens is 323 g/mol. The van der Waals surface area contributed by atoms with Gasteiger partial charge in [-0.2, -0.15) is 8.42 Å². The molecular formula is C6H3Cl3O5S2. The minimum absolute atomic E-state index is 0.0390. The van der Waals surface area contributed by atoms with Crippen molar-refractivity contribution in [3.05, 3.63) is 27.2 Å². The van der Waals surface area contributed by atoms with Crippen molar-refractivity contribution in [3.8, 4) is 0 Å². The lowest BCUT2D eigenvalue weighted by atomic mass is 10.4. The highest BCUT2D eigenvalue weighted by Gasteiger charge is 2.22. The highest BCUT2D eigenvalue weighted by atomic mass is 35.5. The zero-order valence-electron chi connectivity index (χ0n) is 7.19. The molecule has 1 aromatic carbocycles. The molecule has 0 unspecified atom stereocenters. The summed E-state index contributed by atoms with van der Waals surface area (Å²) < 4.78 is 46.8. The minimum Gasteiger partial charge on any atom is -0.201 e. The second-order valence-corrected chi connectivity index (χ2v) is 6.06. The molecule has 1 rings (SSSR count). The second-order valence-electron chi connectivity index (χ2n) is 2.45. The molecule has 1 aromatic rings. The van der Waals surface area contributed by atoms with Crippen LogP contribution in [0.5, 0.6) is 0 Å². The van der Waals surface area contributed by atoms with Crippen molar-refractivity contribution >= 4 is 55.9 Å². The summed E-state index contributed by atoms with van der Waals surface area (Å²) in [5, 5.41) is -0.335. The summed E-state index contributed by atoms with van der Waals surface area (Å²) in [6.45, 7) is 0. The Bertz CT molecular complexity index is 584. The van der Waals surface area contributed by atoms with Crippen molar-refractivity contribution < 1.29 is 20.5 Å². The van der Waals surface area contributed by atoms with E-state index < -0.39 is 26.0 Å². The highest BCUT2D eigenvalue weighted by Crippen LogP contribution is 2.32. The van der Waals surface area contributed by atoms with Gasteiger partial charge in [0.05, 0.1) is 15.1 Å². The first kappa shape index (κ1) is 14.0. The molecule has 0 atom stereocenters. The van der Waals surface area contributed by atoms with Crippen LogP contribution < -0.4 is 0 Å². The van der Waals surface area contributed by atoms with Crippen LogP contribution in [-0.4, -0.2) is 16.8 Å². The Balaban J connectivity index is 3.39. The van der Waals surface area contributed by atoms with Gasteiger partial charge in [-0.05, 0) is 12.1 Å². The predicted octanol–water partition coefficient (Wildman–Crippen LogP) is 1.88. The lowest BCUT2D eigenvalue weighted by Crippen LogP contribution is -2.06. The molecule has 0 saturated heterocycles. The van der Waals surface area contributed by atoms with Crippen molar-refractivity contribution in [1.29, 1.82) is 0 Å². The Labute approximate surface area is 108 Å². The number of rotatable bonds is 3. The van der Waals surface area contributed by atoms with E-state index in [9.17, 15) is 16.8 Å². The van der Waals surface area contributed by atoms with E-state index in [1.54, 1.807) is 0 Å². The van der Waals surface area contributed by atoms with Crippen LogP contribution >= 0.6 is 34.8 Å². The smallest absolute Gasteiger partial charge is 0.201 e. The van der Waals surface area contributed by atoms with Crippen molar-refractivity contribution in [2.75, 3.05) is 0 Å². The molecule has 0 bridgehead atoms. The molecule has 0 amide bonds. The van der Waals surface area contributed by atoms with Gasteiger partial charge in [-0.15, -0.1) is 3.63 Å². The fourth-order valence-electron chi connectivity index (χ4n) is 0.816. The molecule has 0 saturated carbocycles.